The van der Waals surface area contributed by atoms with Gasteiger partial charge in [-0.15, -0.1) is 0 Å². The van der Waals surface area contributed by atoms with Crippen LogP contribution >= 0.6 is 11.6 Å². The Kier molecular flexibility index (Phi) is 9.04. The molecule has 268 valence electrons. The third-order valence-electron chi connectivity index (χ3n) is 11.5. The van der Waals surface area contributed by atoms with E-state index in [0.717, 1.165) is 38.8 Å². The van der Waals surface area contributed by atoms with E-state index < -0.39 is 23.3 Å². The second-order valence-electron chi connectivity index (χ2n) is 14.5. The lowest BCUT2D eigenvalue weighted by molar-refractivity contribution is -0.125. The number of amides is 1. The number of nitrogens with zero attached hydrogens (tertiary/aromatic N) is 7. The van der Waals surface area contributed by atoms with Crippen LogP contribution in [0.15, 0.2) is 48.7 Å². The molecule has 2 aromatic heterocycles. The van der Waals surface area contributed by atoms with Crippen LogP contribution in [0, 0.1) is 11.6 Å². The van der Waals surface area contributed by atoms with E-state index in [0.29, 0.717) is 60.0 Å². The number of halogens is 4. The number of aromatic nitrogens is 3. The number of carbonyl (C=O) groups excluding carboxylic acids is 1. The van der Waals surface area contributed by atoms with Crippen LogP contribution in [0.1, 0.15) is 38.5 Å². The van der Waals surface area contributed by atoms with Crippen LogP contribution in [0.4, 0.5) is 19.0 Å². The minimum Gasteiger partial charge on any atom is -0.461 e. The fourth-order valence-corrected chi connectivity index (χ4v) is 8.88. The van der Waals surface area contributed by atoms with Crippen molar-refractivity contribution in [2.75, 3.05) is 58.3 Å². The number of likely N-dealkylation sites (tertiary alicyclic amines) is 2. The van der Waals surface area contributed by atoms with Gasteiger partial charge in [-0.2, -0.15) is 9.97 Å². The summed E-state index contributed by atoms with van der Waals surface area (Å²) in [7, 11) is 3.94. The number of hydrogen-bond donors (Lipinski definition) is 0. The van der Waals surface area contributed by atoms with E-state index in [9.17, 15) is 13.6 Å². The second kappa shape index (κ2) is 13.5. The molecule has 0 saturated carbocycles. The van der Waals surface area contributed by atoms with E-state index in [4.69, 9.17) is 21.3 Å². The number of alkyl halides is 1. The Balaban J connectivity index is 1.15. The van der Waals surface area contributed by atoms with E-state index in [1.165, 1.54) is 12.3 Å². The molecule has 4 atom stereocenters. The van der Waals surface area contributed by atoms with Crippen LogP contribution in [0.2, 0.25) is 5.02 Å². The predicted molar refractivity (Wildman–Crippen MR) is 192 cm³/mol. The highest BCUT2D eigenvalue weighted by molar-refractivity contribution is 6.36. The average molecular weight is 720 g/mol. The van der Waals surface area contributed by atoms with Gasteiger partial charge >= 0.3 is 6.01 Å². The van der Waals surface area contributed by atoms with E-state index in [1.54, 1.807) is 30.3 Å². The summed E-state index contributed by atoms with van der Waals surface area (Å²) in [4.78, 5) is 35.3. The largest absolute Gasteiger partial charge is 0.461 e. The second-order valence-corrected chi connectivity index (χ2v) is 14.9. The molecule has 4 fully saturated rings. The molecule has 4 aliphatic heterocycles. The molecule has 4 aromatic rings. The standard InChI is InChI=1S/C38H41ClF3N7O2/c1-46-15-4-7-25(46)10-12-30(50)48-17-13-26(21-48)47(2)36-28-19-43-34(27-8-3-6-23-9-11-29(41)32(39)31(23)27)33(42)35(28)44-37(45-36)51-22-38-14-5-16-49(38)20-24(40)18-38/h3,6,8-12,19,24-26H,4-5,7,13-18,20-22H2,1-2H3/b12-10+/t24-,25?,26-,38+/m1/s1. The van der Waals surface area contributed by atoms with E-state index in [2.05, 4.69) is 26.8 Å². The zero-order chi connectivity index (χ0) is 35.4. The minimum absolute atomic E-state index is 0.0125. The lowest BCUT2D eigenvalue weighted by Gasteiger charge is -2.31. The lowest BCUT2D eigenvalue weighted by Crippen LogP contribution is -2.43. The molecule has 13 heteroatoms. The molecule has 0 bridgehead atoms. The topological polar surface area (TPSA) is 77.9 Å². The lowest BCUT2D eigenvalue weighted by atomic mass is 9.95. The van der Waals surface area contributed by atoms with Crippen molar-refractivity contribution >= 4 is 45.0 Å². The molecule has 0 spiro atoms. The maximum absolute atomic E-state index is 16.8. The van der Waals surface area contributed by atoms with Crippen LogP contribution in [-0.2, 0) is 4.79 Å². The molecule has 51 heavy (non-hydrogen) atoms. The third kappa shape index (κ3) is 6.18. The number of hydrogen-bond acceptors (Lipinski definition) is 8. The van der Waals surface area contributed by atoms with Gasteiger partial charge in [-0.1, -0.05) is 41.9 Å². The molecule has 4 aliphatic rings. The molecular weight excluding hydrogens is 679 g/mol. The first-order chi connectivity index (χ1) is 24.6. The van der Waals surface area contributed by atoms with Gasteiger partial charge in [0.05, 0.1) is 15.9 Å². The Morgan fingerprint density at radius 1 is 1.12 bits per heavy atom. The fraction of sp³-hybridized carbons (Fsp3) is 0.474. The molecule has 4 saturated heterocycles. The van der Waals surface area contributed by atoms with Gasteiger partial charge < -0.3 is 14.5 Å². The highest BCUT2D eigenvalue weighted by Gasteiger charge is 2.49. The van der Waals surface area contributed by atoms with Crippen LogP contribution in [-0.4, -0.2) is 113 Å². The molecule has 1 amide bonds. The summed E-state index contributed by atoms with van der Waals surface area (Å²) in [6, 6.07) is 8.17. The van der Waals surface area contributed by atoms with E-state index >= 15 is 4.39 Å². The maximum atomic E-state index is 16.8. The van der Waals surface area contributed by atoms with Crippen molar-refractivity contribution in [3.63, 3.8) is 0 Å². The first-order valence-electron chi connectivity index (χ1n) is 17.8. The molecule has 6 heterocycles. The molecular formula is C38H41ClF3N7O2. The summed E-state index contributed by atoms with van der Waals surface area (Å²) in [5.74, 6) is -0.966. The van der Waals surface area contributed by atoms with Crippen molar-refractivity contribution in [2.24, 2.45) is 0 Å². The van der Waals surface area contributed by atoms with Gasteiger partial charge in [0.15, 0.2) is 5.82 Å². The van der Waals surface area contributed by atoms with Crippen LogP contribution in [0.25, 0.3) is 32.9 Å². The first-order valence-corrected chi connectivity index (χ1v) is 18.1. The molecule has 0 aliphatic carbocycles. The number of benzene rings is 2. The van der Waals surface area contributed by atoms with Crippen LogP contribution < -0.4 is 9.64 Å². The molecule has 8 rings (SSSR count). The maximum Gasteiger partial charge on any atom is 0.319 e. The highest BCUT2D eigenvalue weighted by Crippen LogP contribution is 2.42. The number of likely N-dealkylation sites (N-methyl/N-ethyl adjacent to an activating group) is 2. The minimum atomic E-state index is -0.932. The SMILES string of the molecule is CN1CCCC1/C=C/C(=O)N1CC[C@@H](N(C)c2nc(OC[C@@]34CCCN3C[C@H](F)C4)nc3c(F)c(-c4cccc5ccc(F)c(Cl)c45)ncc23)C1. The summed E-state index contributed by atoms with van der Waals surface area (Å²) in [6.07, 6.45) is 9.24. The fourth-order valence-electron chi connectivity index (χ4n) is 8.61. The Morgan fingerprint density at radius 3 is 2.80 bits per heavy atom. The quantitative estimate of drug-likeness (QED) is 0.193. The summed E-state index contributed by atoms with van der Waals surface area (Å²) >= 11 is 6.42. The van der Waals surface area contributed by atoms with Gasteiger partial charge in [0.2, 0.25) is 5.91 Å². The normalized spacial score (nSPS) is 25.5. The summed E-state index contributed by atoms with van der Waals surface area (Å²) in [6.45, 7) is 3.41. The average Bonchev–Trinajstić information content (AvgIpc) is 3.92. The van der Waals surface area contributed by atoms with Crippen molar-refractivity contribution in [1.29, 1.82) is 0 Å². The number of rotatable bonds is 8. The van der Waals surface area contributed by atoms with E-state index in [1.807, 2.05) is 22.9 Å². The van der Waals surface area contributed by atoms with Crippen molar-refractivity contribution in [2.45, 2.75) is 62.3 Å². The predicted octanol–water partition coefficient (Wildman–Crippen LogP) is 6.42. The Hall–Kier alpha value is -4.00. The number of carbonyl (C=O) groups is 1. The molecule has 9 nitrogen and oxygen atoms in total. The zero-order valence-electron chi connectivity index (χ0n) is 28.8. The highest BCUT2D eigenvalue weighted by atomic mass is 35.5. The van der Waals surface area contributed by atoms with Gasteiger partial charge in [-0.25, -0.2) is 13.2 Å². The van der Waals surface area contributed by atoms with Crippen LogP contribution in [0.5, 0.6) is 6.01 Å². The Bertz CT molecular complexity index is 2030. The van der Waals surface area contributed by atoms with Crippen molar-refractivity contribution in [1.82, 2.24) is 29.7 Å². The van der Waals surface area contributed by atoms with Gasteiger partial charge in [-0.3, -0.25) is 19.6 Å². The monoisotopic (exact) mass is 719 g/mol. The number of fused-ring (bicyclic) bond motifs is 3. The van der Waals surface area contributed by atoms with Gasteiger partial charge in [0, 0.05) is 68.4 Å². The molecule has 2 aromatic carbocycles. The molecule has 0 radical (unpaired) electrons. The van der Waals surface area contributed by atoms with E-state index in [-0.39, 0.29) is 46.8 Å². The molecule has 0 N–H and O–H groups in total. The molecule has 1 unspecified atom stereocenters. The summed E-state index contributed by atoms with van der Waals surface area (Å²) < 4.78 is 52.3. The number of ether oxygens (including phenoxy) is 1. The van der Waals surface area contributed by atoms with Crippen molar-refractivity contribution in [3.8, 4) is 17.3 Å². The van der Waals surface area contributed by atoms with Crippen molar-refractivity contribution in [3.05, 3.63) is 65.3 Å². The summed E-state index contributed by atoms with van der Waals surface area (Å²) in [5.41, 5.74) is -0.174. The summed E-state index contributed by atoms with van der Waals surface area (Å²) in [5, 5.41) is 1.23. The van der Waals surface area contributed by atoms with Crippen molar-refractivity contribution < 1.29 is 22.7 Å². The Labute approximate surface area is 300 Å². The number of anilines is 1. The Morgan fingerprint density at radius 2 is 1.98 bits per heavy atom. The number of pyridine rings is 1. The van der Waals surface area contributed by atoms with Gasteiger partial charge in [0.25, 0.3) is 0 Å². The van der Waals surface area contributed by atoms with Gasteiger partial charge in [0.1, 0.15) is 35.6 Å². The van der Waals surface area contributed by atoms with Gasteiger partial charge in [-0.05, 0) is 63.7 Å². The smallest absolute Gasteiger partial charge is 0.319 e. The van der Waals surface area contributed by atoms with Crippen LogP contribution in [0.3, 0.4) is 0 Å². The third-order valence-corrected chi connectivity index (χ3v) is 11.8. The first kappa shape index (κ1) is 34.1. The zero-order valence-corrected chi connectivity index (χ0v) is 29.6.